The van der Waals surface area contributed by atoms with Gasteiger partial charge in [0.2, 0.25) is 0 Å². The number of Topliss-reactive ketones (excluding diaryl/α,β-unsaturated/α-hetero) is 1. The molecule has 1 aromatic carbocycles. The van der Waals surface area contributed by atoms with E-state index in [0.29, 0.717) is 6.61 Å². The molecule has 2 nitrogen and oxygen atoms in total. The first-order valence-electron chi connectivity index (χ1n) is 6.63. The molecule has 0 bridgehead atoms. The van der Waals surface area contributed by atoms with Gasteiger partial charge in [0.25, 0.3) is 0 Å². The predicted octanol–water partition coefficient (Wildman–Crippen LogP) is 3.36. The zero-order valence-electron chi connectivity index (χ0n) is 10.3. The monoisotopic (exact) mass is 248 g/mol. The van der Waals surface area contributed by atoms with Gasteiger partial charge in [0.05, 0.1) is 11.2 Å². The molecule has 2 aliphatic rings. The Morgan fingerprint density at radius 3 is 2.78 bits per heavy atom. The lowest BCUT2D eigenvalue weighted by molar-refractivity contribution is -0.137. The SMILES string of the molecule is O=C(c1ccccc1F)C1CCOC2(CCC2)C1. The number of hydrogen-bond donors (Lipinski definition) is 0. The normalized spacial score (nSPS) is 25.7. The molecule has 3 heteroatoms. The lowest BCUT2D eigenvalue weighted by atomic mass is 9.70. The molecule has 1 heterocycles. The van der Waals surface area contributed by atoms with Crippen LogP contribution in [-0.4, -0.2) is 18.0 Å². The first kappa shape index (κ1) is 11.8. The fourth-order valence-electron chi connectivity index (χ4n) is 3.05. The average molecular weight is 248 g/mol. The van der Waals surface area contributed by atoms with Gasteiger partial charge >= 0.3 is 0 Å². The Kier molecular flexibility index (Phi) is 2.94. The van der Waals surface area contributed by atoms with Crippen molar-refractivity contribution in [1.82, 2.24) is 0 Å². The third-order valence-electron chi connectivity index (χ3n) is 4.27. The van der Waals surface area contributed by atoms with Crippen molar-refractivity contribution in [3.05, 3.63) is 35.6 Å². The maximum Gasteiger partial charge on any atom is 0.169 e. The van der Waals surface area contributed by atoms with E-state index < -0.39 is 5.82 Å². The van der Waals surface area contributed by atoms with Gasteiger partial charge in [0, 0.05) is 12.5 Å². The Balaban J connectivity index is 1.78. The molecule has 0 N–H and O–H groups in total. The molecular formula is C15H17FO2. The zero-order valence-corrected chi connectivity index (χ0v) is 10.3. The van der Waals surface area contributed by atoms with Gasteiger partial charge in [-0.2, -0.15) is 0 Å². The highest BCUT2D eigenvalue weighted by Gasteiger charge is 2.44. The fraction of sp³-hybridized carbons (Fsp3) is 0.533. The number of ketones is 1. The number of carbonyl (C=O) groups excluding carboxylic acids is 1. The van der Waals surface area contributed by atoms with E-state index in [1.54, 1.807) is 18.2 Å². The van der Waals surface area contributed by atoms with Gasteiger partial charge in [-0.05, 0) is 44.2 Å². The van der Waals surface area contributed by atoms with E-state index in [2.05, 4.69) is 0 Å². The van der Waals surface area contributed by atoms with Crippen LogP contribution in [0.2, 0.25) is 0 Å². The molecule has 0 radical (unpaired) electrons. The highest BCUT2D eigenvalue weighted by molar-refractivity contribution is 5.98. The summed E-state index contributed by atoms with van der Waals surface area (Å²) in [6, 6.07) is 6.27. The number of ether oxygens (including phenoxy) is 1. The van der Waals surface area contributed by atoms with Crippen LogP contribution in [0.3, 0.4) is 0 Å². The summed E-state index contributed by atoms with van der Waals surface area (Å²) >= 11 is 0. The van der Waals surface area contributed by atoms with Gasteiger partial charge in [-0.3, -0.25) is 4.79 Å². The van der Waals surface area contributed by atoms with Crippen LogP contribution >= 0.6 is 0 Å². The second-order valence-corrected chi connectivity index (χ2v) is 5.42. The highest BCUT2D eigenvalue weighted by atomic mass is 19.1. The summed E-state index contributed by atoms with van der Waals surface area (Å²) in [5.41, 5.74) is 0.169. The van der Waals surface area contributed by atoms with Crippen molar-refractivity contribution in [3.63, 3.8) is 0 Å². The molecule has 0 amide bonds. The molecule has 1 saturated heterocycles. The summed E-state index contributed by atoms with van der Waals surface area (Å²) in [4.78, 5) is 12.4. The molecule has 0 aromatic heterocycles. The Morgan fingerprint density at radius 2 is 2.11 bits per heavy atom. The van der Waals surface area contributed by atoms with E-state index >= 15 is 0 Å². The van der Waals surface area contributed by atoms with E-state index in [1.807, 2.05) is 0 Å². The van der Waals surface area contributed by atoms with Gasteiger partial charge in [-0.15, -0.1) is 0 Å². The van der Waals surface area contributed by atoms with Gasteiger partial charge in [0.15, 0.2) is 5.78 Å². The number of benzene rings is 1. The summed E-state index contributed by atoms with van der Waals surface area (Å²) < 4.78 is 19.4. The van der Waals surface area contributed by atoms with Crippen molar-refractivity contribution in [3.8, 4) is 0 Å². The summed E-state index contributed by atoms with van der Waals surface area (Å²) in [6.45, 7) is 0.630. The number of rotatable bonds is 2. The van der Waals surface area contributed by atoms with E-state index in [9.17, 15) is 9.18 Å². The Labute approximate surface area is 106 Å². The van der Waals surface area contributed by atoms with Gasteiger partial charge < -0.3 is 4.74 Å². The van der Waals surface area contributed by atoms with E-state index in [0.717, 1.165) is 25.7 Å². The minimum absolute atomic E-state index is 0.0531. The third-order valence-corrected chi connectivity index (χ3v) is 4.27. The van der Waals surface area contributed by atoms with Crippen molar-refractivity contribution < 1.29 is 13.9 Å². The summed E-state index contributed by atoms with van der Waals surface area (Å²) in [7, 11) is 0. The second kappa shape index (κ2) is 4.47. The number of halogens is 1. The molecule has 1 unspecified atom stereocenters. The van der Waals surface area contributed by atoms with Crippen molar-refractivity contribution in [2.45, 2.75) is 37.7 Å². The molecule has 1 saturated carbocycles. The Hall–Kier alpha value is -1.22. The van der Waals surface area contributed by atoms with E-state index in [-0.39, 0.29) is 22.9 Å². The van der Waals surface area contributed by atoms with E-state index in [4.69, 9.17) is 4.74 Å². The smallest absolute Gasteiger partial charge is 0.169 e. The maximum atomic E-state index is 13.6. The molecule has 1 aromatic rings. The van der Waals surface area contributed by atoms with Crippen LogP contribution in [-0.2, 0) is 4.74 Å². The standard InChI is InChI=1S/C15H17FO2/c16-13-5-2-1-4-12(13)14(17)11-6-9-18-15(10-11)7-3-8-15/h1-2,4-5,11H,3,6-10H2. The predicted molar refractivity (Wildman–Crippen MR) is 66.0 cm³/mol. The van der Waals surface area contributed by atoms with Crippen LogP contribution in [0.15, 0.2) is 24.3 Å². The number of hydrogen-bond acceptors (Lipinski definition) is 2. The molecule has 96 valence electrons. The minimum atomic E-state index is -0.406. The van der Waals surface area contributed by atoms with Crippen LogP contribution in [0.5, 0.6) is 0 Å². The number of carbonyl (C=O) groups is 1. The van der Waals surface area contributed by atoms with Gasteiger partial charge in [-0.25, -0.2) is 4.39 Å². The quantitative estimate of drug-likeness (QED) is 0.750. The molecule has 2 fully saturated rings. The molecule has 3 rings (SSSR count). The highest BCUT2D eigenvalue weighted by Crippen LogP contribution is 2.44. The Morgan fingerprint density at radius 1 is 1.33 bits per heavy atom. The van der Waals surface area contributed by atoms with Crippen molar-refractivity contribution in [2.75, 3.05) is 6.61 Å². The lowest BCUT2D eigenvalue weighted by Gasteiger charge is -2.46. The second-order valence-electron chi connectivity index (χ2n) is 5.42. The van der Waals surface area contributed by atoms with Crippen LogP contribution < -0.4 is 0 Å². The van der Waals surface area contributed by atoms with Crippen LogP contribution in [0, 0.1) is 11.7 Å². The van der Waals surface area contributed by atoms with Gasteiger partial charge in [0.1, 0.15) is 5.82 Å². The lowest BCUT2D eigenvalue weighted by Crippen LogP contribution is -2.47. The fourth-order valence-corrected chi connectivity index (χ4v) is 3.05. The van der Waals surface area contributed by atoms with Crippen LogP contribution in [0.4, 0.5) is 4.39 Å². The van der Waals surface area contributed by atoms with Gasteiger partial charge in [-0.1, -0.05) is 12.1 Å². The molecule has 1 aliphatic carbocycles. The maximum absolute atomic E-state index is 13.6. The molecular weight excluding hydrogens is 231 g/mol. The molecule has 1 atom stereocenters. The summed E-state index contributed by atoms with van der Waals surface area (Å²) in [5.74, 6) is -0.532. The topological polar surface area (TPSA) is 26.3 Å². The zero-order chi connectivity index (χ0) is 12.6. The average Bonchev–Trinajstić information content (AvgIpc) is 2.37. The third kappa shape index (κ3) is 1.97. The van der Waals surface area contributed by atoms with Crippen molar-refractivity contribution >= 4 is 5.78 Å². The minimum Gasteiger partial charge on any atom is -0.375 e. The van der Waals surface area contributed by atoms with Crippen LogP contribution in [0.1, 0.15) is 42.5 Å². The first-order chi connectivity index (χ1) is 8.70. The molecule has 1 aliphatic heterocycles. The Bertz CT molecular complexity index is 465. The van der Waals surface area contributed by atoms with Crippen molar-refractivity contribution in [2.24, 2.45) is 5.92 Å². The summed E-state index contributed by atoms with van der Waals surface area (Å²) in [6.07, 6.45) is 4.76. The van der Waals surface area contributed by atoms with Crippen molar-refractivity contribution in [1.29, 1.82) is 0 Å². The first-order valence-corrected chi connectivity index (χ1v) is 6.63. The van der Waals surface area contributed by atoms with Crippen LogP contribution in [0.25, 0.3) is 0 Å². The molecule has 18 heavy (non-hydrogen) atoms. The largest absolute Gasteiger partial charge is 0.375 e. The molecule has 1 spiro atoms. The summed E-state index contributed by atoms with van der Waals surface area (Å²) in [5, 5.41) is 0. The van der Waals surface area contributed by atoms with E-state index in [1.165, 1.54) is 12.5 Å².